The Balaban J connectivity index is 1.42. The van der Waals surface area contributed by atoms with Gasteiger partial charge in [0.05, 0.1) is 11.3 Å². The number of anilines is 2. The second kappa shape index (κ2) is 10.9. The zero-order valence-electron chi connectivity index (χ0n) is 22.0. The Morgan fingerprint density at radius 2 is 1.50 bits per heavy atom. The summed E-state index contributed by atoms with van der Waals surface area (Å²) in [7, 11) is 0. The highest BCUT2D eigenvalue weighted by Crippen LogP contribution is 2.42. The molecule has 0 unspecified atom stereocenters. The first-order valence-electron chi connectivity index (χ1n) is 13.6. The molecule has 0 aromatic heterocycles. The van der Waals surface area contributed by atoms with E-state index in [0.29, 0.717) is 17.0 Å². The van der Waals surface area contributed by atoms with Crippen molar-refractivity contribution in [3.05, 3.63) is 70.8 Å². The average molecular weight is 514 g/mol. The molecule has 1 atom stereocenters. The normalized spacial score (nSPS) is 16.6. The molecule has 3 aromatic rings. The number of carbonyl (C=O) groups excluding carboxylic acids is 2. The summed E-state index contributed by atoms with van der Waals surface area (Å²) in [6.45, 7) is 3.98. The van der Waals surface area contributed by atoms with Crippen LogP contribution in [0.5, 0.6) is 0 Å². The van der Waals surface area contributed by atoms with E-state index >= 15 is 0 Å². The molecule has 38 heavy (non-hydrogen) atoms. The summed E-state index contributed by atoms with van der Waals surface area (Å²) in [4.78, 5) is 38.8. The van der Waals surface area contributed by atoms with Gasteiger partial charge in [-0.15, -0.1) is 0 Å². The number of aliphatic carboxylic acids is 1. The lowest BCUT2D eigenvalue weighted by Gasteiger charge is -2.28. The molecule has 5 rings (SSSR count). The molecule has 2 saturated carbocycles. The molecule has 3 amide bonds. The Morgan fingerprint density at radius 1 is 0.842 bits per heavy atom. The second-order valence-corrected chi connectivity index (χ2v) is 10.8. The number of amides is 3. The Labute approximate surface area is 223 Å². The van der Waals surface area contributed by atoms with Crippen LogP contribution >= 0.6 is 0 Å². The topological polar surface area (TPSA) is 108 Å². The highest BCUT2D eigenvalue weighted by molar-refractivity contribution is 6.14. The van der Waals surface area contributed by atoms with Crippen molar-refractivity contribution < 1.29 is 19.5 Å². The van der Waals surface area contributed by atoms with Crippen molar-refractivity contribution in [1.82, 2.24) is 5.32 Å². The fourth-order valence-electron chi connectivity index (χ4n) is 5.77. The van der Waals surface area contributed by atoms with Gasteiger partial charge in [-0.25, -0.2) is 9.59 Å². The quantitative estimate of drug-likeness (QED) is 0.281. The first-order valence-corrected chi connectivity index (χ1v) is 13.6. The van der Waals surface area contributed by atoms with E-state index in [4.69, 9.17) is 0 Å². The standard InChI is InChI=1S/C31H35N3O4/c1-18-16-23(20-12-13-20)17-19(2)26(18)33-31(38)34-28-24-11-7-6-8-21(24)14-15-25(28)29(35)32-27(30(36)37)22-9-4-3-5-10-22/h6-8,11,14-17,20,22,27H,3-5,9-10,12-13H2,1-2H3,(H,32,35)(H,36,37)(H2,33,34,38)/t27-/m0/s1. The number of benzene rings is 3. The van der Waals surface area contributed by atoms with Gasteiger partial charge in [0.1, 0.15) is 6.04 Å². The number of fused-ring (bicyclic) bond motifs is 1. The molecular formula is C31H35N3O4. The third-order valence-electron chi connectivity index (χ3n) is 7.93. The van der Waals surface area contributed by atoms with Crippen LogP contribution in [0.1, 0.15) is 77.9 Å². The summed E-state index contributed by atoms with van der Waals surface area (Å²) in [5.74, 6) is -1.02. The summed E-state index contributed by atoms with van der Waals surface area (Å²) in [5, 5.41) is 20.1. The SMILES string of the molecule is Cc1cc(C2CC2)cc(C)c1NC(=O)Nc1c(C(=O)N[C@H](C(=O)O)C2CCCCC2)ccc2ccccc12. The lowest BCUT2D eigenvalue weighted by molar-refractivity contribution is -0.141. The van der Waals surface area contributed by atoms with Crippen molar-refractivity contribution in [2.45, 2.75) is 70.8 Å². The summed E-state index contributed by atoms with van der Waals surface area (Å²) >= 11 is 0. The van der Waals surface area contributed by atoms with Gasteiger partial charge in [0.2, 0.25) is 0 Å². The van der Waals surface area contributed by atoms with E-state index in [0.717, 1.165) is 54.3 Å². The van der Waals surface area contributed by atoms with Crippen LogP contribution < -0.4 is 16.0 Å². The lowest BCUT2D eigenvalue weighted by atomic mass is 9.83. The molecule has 0 heterocycles. The molecule has 7 heteroatoms. The average Bonchev–Trinajstić information content (AvgIpc) is 3.75. The van der Waals surface area contributed by atoms with Crippen molar-refractivity contribution in [2.75, 3.05) is 10.6 Å². The monoisotopic (exact) mass is 513 g/mol. The Kier molecular flexibility index (Phi) is 7.36. The van der Waals surface area contributed by atoms with Gasteiger partial charge in [-0.3, -0.25) is 4.79 Å². The van der Waals surface area contributed by atoms with E-state index in [1.54, 1.807) is 6.07 Å². The van der Waals surface area contributed by atoms with Gasteiger partial charge < -0.3 is 21.1 Å². The van der Waals surface area contributed by atoms with Crippen LogP contribution in [-0.4, -0.2) is 29.1 Å². The van der Waals surface area contributed by atoms with Crippen LogP contribution in [0.2, 0.25) is 0 Å². The third-order valence-corrected chi connectivity index (χ3v) is 7.93. The third kappa shape index (κ3) is 5.52. The molecule has 7 nitrogen and oxygen atoms in total. The maximum atomic E-state index is 13.5. The van der Waals surface area contributed by atoms with Crippen LogP contribution in [0, 0.1) is 19.8 Å². The summed E-state index contributed by atoms with van der Waals surface area (Å²) in [6, 6.07) is 13.8. The lowest BCUT2D eigenvalue weighted by Crippen LogP contribution is -2.46. The number of carboxylic acids is 1. The van der Waals surface area contributed by atoms with Crippen LogP contribution in [0.4, 0.5) is 16.2 Å². The molecular weight excluding hydrogens is 478 g/mol. The van der Waals surface area contributed by atoms with Crippen molar-refractivity contribution in [3.8, 4) is 0 Å². The summed E-state index contributed by atoms with van der Waals surface area (Å²) in [6.07, 6.45) is 7.00. The van der Waals surface area contributed by atoms with Crippen molar-refractivity contribution in [2.24, 2.45) is 5.92 Å². The van der Waals surface area contributed by atoms with Crippen LogP contribution in [0.15, 0.2) is 48.5 Å². The maximum Gasteiger partial charge on any atom is 0.326 e. The van der Waals surface area contributed by atoms with Gasteiger partial charge in [-0.1, -0.05) is 61.7 Å². The molecule has 4 N–H and O–H groups in total. The van der Waals surface area contributed by atoms with Crippen molar-refractivity contribution in [1.29, 1.82) is 0 Å². The number of hydrogen-bond acceptors (Lipinski definition) is 3. The smallest absolute Gasteiger partial charge is 0.326 e. The largest absolute Gasteiger partial charge is 0.480 e. The molecule has 0 bridgehead atoms. The minimum Gasteiger partial charge on any atom is -0.480 e. The highest BCUT2D eigenvalue weighted by atomic mass is 16.4. The minimum absolute atomic E-state index is 0.102. The maximum absolute atomic E-state index is 13.5. The predicted octanol–water partition coefficient (Wildman–Crippen LogP) is 6.74. The first kappa shape index (κ1) is 25.8. The van der Waals surface area contributed by atoms with Crippen LogP contribution in [-0.2, 0) is 4.79 Å². The fourth-order valence-corrected chi connectivity index (χ4v) is 5.77. The number of carbonyl (C=O) groups is 3. The summed E-state index contributed by atoms with van der Waals surface area (Å²) < 4.78 is 0. The highest BCUT2D eigenvalue weighted by Gasteiger charge is 2.32. The number of aryl methyl sites for hydroxylation is 2. The molecule has 0 radical (unpaired) electrons. The Morgan fingerprint density at radius 3 is 2.16 bits per heavy atom. The number of carboxylic acid groups (broad SMARTS) is 1. The zero-order valence-corrected chi connectivity index (χ0v) is 22.0. The van der Waals surface area contributed by atoms with E-state index in [9.17, 15) is 19.5 Å². The Bertz CT molecular complexity index is 1370. The minimum atomic E-state index is -1.03. The predicted molar refractivity (Wildman–Crippen MR) is 150 cm³/mol. The summed E-state index contributed by atoms with van der Waals surface area (Å²) in [5.41, 5.74) is 4.64. The van der Waals surface area contributed by atoms with E-state index < -0.39 is 23.9 Å². The van der Waals surface area contributed by atoms with Gasteiger partial charge in [-0.2, -0.15) is 0 Å². The molecule has 3 aromatic carbocycles. The van der Waals surface area contributed by atoms with E-state index in [1.165, 1.54) is 18.4 Å². The molecule has 2 aliphatic rings. The van der Waals surface area contributed by atoms with Gasteiger partial charge >= 0.3 is 12.0 Å². The number of urea groups is 1. The molecule has 2 fully saturated rings. The van der Waals surface area contributed by atoms with E-state index in [2.05, 4.69) is 28.1 Å². The molecule has 198 valence electrons. The van der Waals surface area contributed by atoms with Gasteiger partial charge in [0, 0.05) is 11.1 Å². The number of nitrogens with one attached hydrogen (secondary N) is 3. The zero-order chi connectivity index (χ0) is 26.8. The number of rotatable bonds is 7. The Hall–Kier alpha value is -3.87. The van der Waals surface area contributed by atoms with Crippen molar-refractivity contribution in [3.63, 3.8) is 0 Å². The second-order valence-electron chi connectivity index (χ2n) is 10.8. The molecule has 0 aliphatic heterocycles. The van der Waals surface area contributed by atoms with Gasteiger partial charge in [0.15, 0.2) is 0 Å². The van der Waals surface area contributed by atoms with E-state index in [-0.39, 0.29) is 11.5 Å². The molecule has 0 saturated heterocycles. The first-order chi connectivity index (χ1) is 18.3. The molecule has 0 spiro atoms. The van der Waals surface area contributed by atoms with E-state index in [1.807, 2.05) is 44.2 Å². The van der Waals surface area contributed by atoms with Crippen molar-refractivity contribution >= 4 is 40.1 Å². The van der Waals surface area contributed by atoms with Gasteiger partial charge in [0.25, 0.3) is 5.91 Å². The fraction of sp³-hybridized carbons (Fsp3) is 0.387. The van der Waals surface area contributed by atoms with Crippen LogP contribution in [0.3, 0.4) is 0 Å². The van der Waals surface area contributed by atoms with Gasteiger partial charge in [-0.05, 0) is 79.5 Å². The van der Waals surface area contributed by atoms with Crippen LogP contribution in [0.25, 0.3) is 10.8 Å². The number of hydrogen-bond donors (Lipinski definition) is 4. The molecule has 2 aliphatic carbocycles.